The first kappa shape index (κ1) is 15.6. The topological polar surface area (TPSA) is 51.2 Å². The number of ether oxygens (including phenoxy) is 1. The van der Waals surface area contributed by atoms with Crippen molar-refractivity contribution < 1.29 is 9.53 Å². The van der Waals surface area contributed by atoms with E-state index in [1.165, 1.54) is 12.8 Å². The van der Waals surface area contributed by atoms with Gasteiger partial charge in [-0.25, -0.2) is 4.98 Å². The highest BCUT2D eigenvalue weighted by molar-refractivity contribution is 5.97. The van der Waals surface area contributed by atoms with E-state index in [1.54, 1.807) is 13.0 Å². The van der Waals surface area contributed by atoms with E-state index in [0.717, 1.165) is 34.8 Å². The number of anilines is 1. The molecular formula is C21H20N2O2. The second kappa shape index (κ2) is 6.55. The van der Waals surface area contributed by atoms with Gasteiger partial charge in [-0.2, -0.15) is 0 Å². The van der Waals surface area contributed by atoms with Crippen molar-refractivity contribution in [1.29, 1.82) is 0 Å². The van der Waals surface area contributed by atoms with Crippen molar-refractivity contribution >= 4 is 22.4 Å². The van der Waals surface area contributed by atoms with Crippen molar-refractivity contribution in [2.45, 2.75) is 19.8 Å². The van der Waals surface area contributed by atoms with Gasteiger partial charge >= 0.3 is 0 Å². The predicted octanol–water partition coefficient (Wildman–Crippen LogP) is 5.05. The van der Waals surface area contributed by atoms with Gasteiger partial charge in [0.2, 0.25) is 5.88 Å². The Kier molecular flexibility index (Phi) is 4.10. The third-order valence-electron chi connectivity index (χ3n) is 4.44. The van der Waals surface area contributed by atoms with Gasteiger partial charge in [0.05, 0.1) is 5.52 Å². The number of carbonyl (C=O) groups excluding carboxylic acids is 1. The van der Waals surface area contributed by atoms with Crippen LogP contribution in [-0.4, -0.2) is 17.3 Å². The highest BCUT2D eigenvalue weighted by atomic mass is 16.5. The van der Waals surface area contributed by atoms with Crippen LogP contribution in [-0.2, 0) is 0 Å². The van der Waals surface area contributed by atoms with Gasteiger partial charge in [0.25, 0.3) is 0 Å². The van der Waals surface area contributed by atoms with Crippen molar-refractivity contribution in [3.63, 3.8) is 0 Å². The maximum Gasteiger partial charge on any atom is 0.219 e. The fourth-order valence-electron chi connectivity index (χ4n) is 2.73. The molecule has 0 bridgehead atoms. The minimum atomic E-state index is 0.0533. The number of hydrogen-bond acceptors (Lipinski definition) is 4. The summed E-state index contributed by atoms with van der Waals surface area (Å²) in [6, 6.07) is 17.2. The highest BCUT2D eigenvalue weighted by Gasteiger charge is 2.20. The Morgan fingerprint density at radius 1 is 1.12 bits per heavy atom. The first-order valence-corrected chi connectivity index (χ1v) is 8.61. The summed E-state index contributed by atoms with van der Waals surface area (Å²) >= 11 is 0. The SMILES string of the molecule is CC(=O)c1ccc2nc(Oc3ccc(NCC4CC4)cc3)ccc2c1. The minimum Gasteiger partial charge on any atom is -0.439 e. The number of aromatic nitrogens is 1. The lowest BCUT2D eigenvalue weighted by Gasteiger charge is -2.08. The van der Waals surface area contributed by atoms with Crippen molar-refractivity contribution in [3.05, 3.63) is 60.2 Å². The molecule has 0 saturated heterocycles. The summed E-state index contributed by atoms with van der Waals surface area (Å²) in [6.45, 7) is 2.62. The molecular weight excluding hydrogens is 312 g/mol. The van der Waals surface area contributed by atoms with E-state index in [2.05, 4.69) is 10.3 Å². The van der Waals surface area contributed by atoms with Crippen LogP contribution in [0, 0.1) is 5.92 Å². The number of pyridine rings is 1. The molecule has 1 fully saturated rings. The number of rotatable bonds is 6. The molecule has 4 rings (SSSR count). The van der Waals surface area contributed by atoms with E-state index in [4.69, 9.17) is 4.74 Å². The Balaban J connectivity index is 1.47. The van der Waals surface area contributed by atoms with Crippen molar-refractivity contribution in [3.8, 4) is 11.6 Å². The molecule has 3 aromatic rings. The van der Waals surface area contributed by atoms with E-state index in [9.17, 15) is 4.79 Å². The van der Waals surface area contributed by atoms with Crippen LogP contribution in [0.25, 0.3) is 10.9 Å². The highest BCUT2D eigenvalue weighted by Crippen LogP contribution is 2.29. The van der Waals surface area contributed by atoms with Gasteiger partial charge in [-0.1, -0.05) is 0 Å². The molecule has 1 N–H and O–H groups in total. The molecule has 4 nitrogen and oxygen atoms in total. The van der Waals surface area contributed by atoms with Crippen LogP contribution in [0.3, 0.4) is 0 Å². The van der Waals surface area contributed by atoms with E-state index in [-0.39, 0.29) is 5.78 Å². The van der Waals surface area contributed by atoms with Gasteiger partial charge in [0.1, 0.15) is 5.75 Å². The summed E-state index contributed by atoms with van der Waals surface area (Å²) in [5.41, 5.74) is 2.62. The fourth-order valence-corrected chi connectivity index (χ4v) is 2.73. The third-order valence-corrected chi connectivity index (χ3v) is 4.44. The zero-order chi connectivity index (χ0) is 17.2. The van der Waals surface area contributed by atoms with E-state index in [0.29, 0.717) is 11.4 Å². The molecule has 126 valence electrons. The molecule has 0 radical (unpaired) electrons. The molecule has 1 aliphatic rings. The Labute approximate surface area is 146 Å². The Hall–Kier alpha value is -2.88. The lowest BCUT2D eigenvalue weighted by Crippen LogP contribution is -2.02. The largest absolute Gasteiger partial charge is 0.439 e. The van der Waals surface area contributed by atoms with Gasteiger partial charge in [-0.05, 0) is 74.2 Å². The van der Waals surface area contributed by atoms with Gasteiger partial charge in [0.15, 0.2) is 5.78 Å². The molecule has 4 heteroatoms. The molecule has 1 aliphatic carbocycles. The number of ketones is 1. The second-order valence-corrected chi connectivity index (χ2v) is 6.56. The number of hydrogen-bond donors (Lipinski definition) is 1. The van der Waals surface area contributed by atoms with Crippen LogP contribution >= 0.6 is 0 Å². The van der Waals surface area contributed by atoms with Crippen LogP contribution in [0.2, 0.25) is 0 Å². The summed E-state index contributed by atoms with van der Waals surface area (Å²) < 4.78 is 5.85. The predicted molar refractivity (Wildman–Crippen MR) is 99.5 cm³/mol. The monoisotopic (exact) mass is 332 g/mol. The molecule has 0 atom stereocenters. The maximum absolute atomic E-state index is 11.5. The lowest BCUT2D eigenvalue weighted by molar-refractivity contribution is 0.101. The van der Waals surface area contributed by atoms with Crippen LogP contribution in [0.4, 0.5) is 5.69 Å². The molecule has 25 heavy (non-hydrogen) atoms. The lowest BCUT2D eigenvalue weighted by atomic mass is 10.1. The number of Topliss-reactive ketones (excluding diaryl/α,β-unsaturated/α-hetero) is 1. The zero-order valence-corrected chi connectivity index (χ0v) is 14.2. The van der Waals surface area contributed by atoms with Crippen LogP contribution in [0.1, 0.15) is 30.1 Å². The number of nitrogens with one attached hydrogen (secondary N) is 1. The van der Waals surface area contributed by atoms with Gasteiger partial charge in [-0.15, -0.1) is 0 Å². The van der Waals surface area contributed by atoms with E-state index in [1.807, 2.05) is 48.5 Å². The normalized spacial score (nSPS) is 13.6. The van der Waals surface area contributed by atoms with Crippen LogP contribution < -0.4 is 10.1 Å². The number of fused-ring (bicyclic) bond motifs is 1. The molecule has 0 unspecified atom stereocenters. The first-order chi connectivity index (χ1) is 12.2. The average molecular weight is 332 g/mol. The minimum absolute atomic E-state index is 0.0533. The van der Waals surface area contributed by atoms with Crippen LogP contribution in [0.5, 0.6) is 11.6 Å². The number of benzene rings is 2. The Morgan fingerprint density at radius 3 is 2.64 bits per heavy atom. The van der Waals surface area contributed by atoms with Gasteiger partial charge in [-0.3, -0.25) is 4.79 Å². The second-order valence-electron chi connectivity index (χ2n) is 6.56. The van der Waals surface area contributed by atoms with Crippen molar-refractivity contribution in [2.24, 2.45) is 5.92 Å². The molecule has 2 aromatic carbocycles. The number of carbonyl (C=O) groups is 1. The molecule has 1 heterocycles. The molecule has 1 aromatic heterocycles. The smallest absolute Gasteiger partial charge is 0.219 e. The van der Waals surface area contributed by atoms with E-state index < -0.39 is 0 Å². The summed E-state index contributed by atoms with van der Waals surface area (Å²) in [5.74, 6) is 2.20. The van der Waals surface area contributed by atoms with Gasteiger partial charge < -0.3 is 10.1 Å². The van der Waals surface area contributed by atoms with E-state index >= 15 is 0 Å². The third kappa shape index (κ3) is 3.79. The Morgan fingerprint density at radius 2 is 1.92 bits per heavy atom. The standard InChI is InChI=1S/C21H20N2O2/c1-14(24)16-4-10-20-17(12-16)5-11-21(23-20)25-19-8-6-18(7-9-19)22-13-15-2-3-15/h4-12,15,22H,2-3,13H2,1H3. The Bertz CT molecular complexity index is 915. The summed E-state index contributed by atoms with van der Waals surface area (Å²) in [4.78, 5) is 16.0. The maximum atomic E-state index is 11.5. The van der Waals surface area contributed by atoms with Crippen molar-refractivity contribution in [1.82, 2.24) is 4.98 Å². The molecule has 0 spiro atoms. The molecule has 0 amide bonds. The number of nitrogens with zero attached hydrogens (tertiary/aromatic N) is 1. The fraction of sp³-hybridized carbons (Fsp3) is 0.238. The van der Waals surface area contributed by atoms with Crippen molar-refractivity contribution in [2.75, 3.05) is 11.9 Å². The van der Waals surface area contributed by atoms with Crippen LogP contribution in [0.15, 0.2) is 54.6 Å². The molecule has 0 aliphatic heterocycles. The quantitative estimate of drug-likeness (QED) is 0.642. The summed E-state index contributed by atoms with van der Waals surface area (Å²) in [5, 5.41) is 4.37. The summed E-state index contributed by atoms with van der Waals surface area (Å²) in [6.07, 6.45) is 2.69. The van der Waals surface area contributed by atoms with Gasteiger partial charge in [0, 0.05) is 29.2 Å². The average Bonchev–Trinajstić information content (AvgIpc) is 3.45. The summed E-state index contributed by atoms with van der Waals surface area (Å²) in [7, 11) is 0. The first-order valence-electron chi connectivity index (χ1n) is 8.61. The molecule has 1 saturated carbocycles. The zero-order valence-electron chi connectivity index (χ0n) is 14.2.